The average Bonchev–Trinajstić information content (AvgIpc) is 3.26. The van der Waals surface area contributed by atoms with Crippen LogP contribution in [0, 0.1) is 0 Å². The van der Waals surface area contributed by atoms with Gasteiger partial charge in [-0.05, 0) is 29.6 Å². The highest BCUT2D eigenvalue weighted by molar-refractivity contribution is 9.10. The lowest BCUT2D eigenvalue weighted by atomic mass is 10.2. The van der Waals surface area contributed by atoms with Gasteiger partial charge in [0.2, 0.25) is 5.91 Å². The summed E-state index contributed by atoms with van der Waals surface area (Å²) in [7, 11) is 3.44. The second-order valence-electron chi connectivity index (χ2n) is 5.50. The van der Waals surface area contributed by atoms with Crippen LogP contribution in [0.15, 0.2) is 45.6 Å². The van der Waals surface area contributed by atoms with Crippen molar-refractivity contribution in [2.24, 2.45) is 0 Å². The summed E-state index contributed by atoms with van der Waals surface area (Å²) in [5, 5.41) is 4.95. The summed E-state index contributed by atoms with van der Waals surface area (Å²) >= 11 is 6.69. The molecule has 0 N–H and O–H groups in total. The molecular weight excluding hydrogens is 420 g/mol. The van der Waals surface area contributed by atoms with E-state index in [2.05, 4.69) is 20.9 Å². The number of carbonyl (C=O) groups is 1. The number of thiophene rings is 1. The van der Waals surface area contributed by atoms with Gasteiger partial charge in [0.25, 0.3) is 0 Å². The van der Waals surface area contributed by atoms with Crippen LogP contribution in [0.2, 0.25) is 0 Å². The molecular formula is C18H17BrN2O2S2. The molecule has 25 heavy (non-hydrogen) atoms. The van der Waals surface area contributed by atoms with E-state index < -0.39 is 0 Å². The van der Waals surface area contributed by atoms with Crippen molar-refractivity contribution in [1.82, 2.24) is 9.88 Å². The van der Waals surface area contributed by atoms with Gasteiger partial charge in [-0.2, -0.15) is 0 Å². The van der Waals surface area contributed by atoms with Crippen molar-refractivity contribution in [3.63, 3.8) is 0 Å². The molecule has 2 heterocycles. The Hall–Kier alpha value is -1.70. The highest BCUT2D eigenvalue weighted by Crippen LogP contribution is 2.28. The molecule has 2 aromatic heterocycles. The van der Waals surface area contributed by atoms with Crippen LogP contribution in [0.3, 0.4) is 0 Å². The van der Waals surface area contributed by atoms with E-state index >= 15 is 0 Å². The van der Waals surface area contributed by atoms with Crippen LogP contribution < -0.4 is 4.74 Å². The molecule has 0 saturated heterocycles. The van der Waals surface area contributed by atoms with E-state index in [1.54, 1.807) is 41.7 Å². The summed E-state index contributed by atoms with van der Waals surface area (Å²) in [6, 6.07) is 9.84. The molecule has 3 aromatic rings. The van der Waals surface area contributed by atoms with Crippen molar-refractivity contribution in [2.75, 3.05) is 14.2 Å². The van der Waals surface area contributed by atoms with E-state index in [0.717, 1.165) is 31.4 Å². The van der Waals surface area contributed by atoms with E-state index in [-0.39, 0.29) is 5.91 Å². The number of ether oxygens (including phenoxy) is 1. The Morgan fingerprint density at radius 2 is 2.16 bits per heavy atom. The monoisotopic (exact) mass is 436 g/mol. The Kier molecular flexibility index (Phi) is 5.88. The maximum atomic E-state index is 12.5. The first-order chi connectivity index (χ1) is 12.1. The molecule has 0 aliphatic carbocycles. The standard InChI is InChI=1S/C18H17BrN2O2S2/c1-21(10-12-8-13(19)5-6-15(12)23-2)17(22)9-14-11-25-18(20-14)16-4-3-7-24-16/h3-8,11H,9-10H2,1-2H3. The van der Waals surface area contributed by atoms with Crippen LogP contribution in [0.4, 0.5) is 0 Å². The van der Waals surface area contributed by atoms with Gasteiger partial charge in [0.05, 0.1) is 24.1 Å². The van der Waals surface area contributed by atoms with Crippen LogP contribution in [0.25, 0.3) is 9.88 Å². The van der Waals surface area contributed by atoms with Crippen molar-refractivity contribution in [2.45, 2.75) is 13.0 Å². The van der Waals surface area contributed by atoms with Crippen molar-refractivity contribution >= 4 is 44.5 Å². The number of benzene rings is 1. The number of aromatic nitrogens is 1. The number of hydrogen-bond donors (Lipinski definition) is 0. The summed E-state index contributed by atoms with van der Waals surface area (Å²) in [6.07, 6.45) is 0.300. The zero-order valence-corrected chi connectivity index (χ0v) is 17.1. The summed E-state index contributed by atoms with van der Waals surface area (Å²) in [4.78, 5) is 20.0. The molecule has 3 rings (SSSR count). The van der Waals surface area contributed by atoms with Gasteiger partial charge in [-0.15, -0.1) is 22.7 Å². The molecule has 0 spiro atoms. The first-order valence-corrected chi connectivity index (χ1v) is 10.2. The SMILES string of the molecule is COc1ccc(Br)cc1CN(C)C(=O)Cc1csc(-c2cccs2)n1. The van der Waals surface area contributed by atoms with Gasteiger partial charge in [0, 0.05) is 29.0 Å². The van der Waals surface area contributed by atoms with Gasteiger partial charge in [0.15, 0.2) is 0 Å². The van der Waals surface area contributed by atoms with Gasteiger partial charge < -0.3 is 9.64 Å². The molecule has 0 saturated carbocycles. The average molecular weight is 437 g/mol. The smallest absolute Gasteiger partial charge is 0.228 e. The predicted molar refractivity (Wildman–Crippen MR) is 106 cm³/mol. The van der Waals surface area contributed by atoms with E-state index in [9.17, 15) is 4.79 Å². The van der Waals surface area contributed by atoms with Crippen molar-refractivity contribution in [3.05, 3.63) is 56.8 Å². The number of hydrogen-bond acceptors (Lipinski definition) is 5. The van der Waals surface area contributed by atoms with Gasteiger partial charge >= 0.3 is 0 Å². The van der Waals surface area contributed by atoms with Crippen LogP contribution in [0.1, 0.15) is 11.3 Å². The fourth-order valence-corrected chi connectivity index (χ4v) is 4.45. The minimum Gasteiger partial charge on any atom is -0.496 e. The molecule has 0 bridgehead atoms. The molecule has 0 unspecified atom stereocenters. The third-order valence-corrected chi connectivity index (χ3v) is 6.12. The summed E-state index contributed by atoms with van der Waals surface area (Å²) < 4.78 is 6.34. The van der Waals surface area contributed by atoms with E-state index in [0.29, 0.717) is 13.0 Å². The zero-order valence-electron chi connectivity index (χ0n) is 13.9. The number of rotatable bonds is 6. The van der Waals surface area contributed by atoms with Gasteiger partial charge in [-0.3, -0.25) is 4.79 Å². The molecule has 130 valence electrons. The Labute approximate surface area is 163 Å². The Bertz CT molecular complexity index is 862. The molecule has 0 radical (unpaired) electrons. The molecule has 1 aromatic carbocycles. The van der Waals surface area contributed by atoms with Crippen LogP contribution in [-0.2, 0) is 17.8 Å². The maximum Gasteiger partial charge on any atom is 0.228 e. The fraction of sp³-hybridized carbons (Fsp3) is 0.222. The van der Waals surface area contributed by atoms with Crippen molar-refractivity contribution < 1.29 is 9.53 Å². The van der Waals surface area contributed by atoms with Gasteiger partial charge in [-0.25, -0.2) is 4.98 Å². The quantitative estimate of drug-likeness (QED) is 0.554. The van der Waals surface area contributed by atoms with Crippen LogP contribution >= 0.6 is 38.6 Å². The lowest BCUT2D eigenvalue weighted by Gasteiger charge is -2.18. The van der Waals surface area contributed by atoms with E-state index in [4.69, 9.17) is 4.74 Å². The molecule has 0 atom stereocenters. The molecule has 0 aliphatic rings. The number of methoxy groups -OCH3 is 1. The first kappa shape index (κ1) is 18.1. The van der Waals surface area contributed by atoms with Crippen molar-refractivity contribution in [1.29, 1.82) is 0 Å². The lowest BCUT2D eigenvalue weighted by Crippen LogP contribution is -2.28. The number of halogens is 1. The van der Waals surface area contributed by atoms with Gasteiger partial charge in [-0.1, -0.05) is 22.0 Å². The highest BCUT2D eigenvalue weighted by atomic mass is 79.9. The largest absolute Gasteiger partial charge is 0.496 e. The third kappa shape index (κ3) is 4.48. The van der Waals surface area contributed by atoms with Crippen LogP contribution in [-0.4, -0.2) is 29.9 Å². The maximum absolute atomic E-state index is 12.5. The van der Waals surface area contributed by atoms with E-state index in [1.807, 2.05) is 41.1 Å². The molecule has 1 amide bonds. The van der Waals surface area contributed by atoms with E-state index in [1.165, 1.54) is 0 Å². The van der Waals surface area contributed by atoms with Crippen LogP contribution in [0.5, 0.6) is 5.75 Å². The Morgan fingerprint density at radius 1 is 1.32 bits per heavy atom. The van der Waals surface area contributed by atoms with Gasteiger partial charge in [0.1, 0.15) is 10.8 Å². The van der Waals surface area contributed by atoms with Crippen molar-refractivity contribution in [3.8, 4) is 15.6 Å². The summed E-state index contributed by atoms with van der Waals surface area (Å²) in [6.45, 7) is 0.489. The number of thiazole rings is 1. The topological polar surface area (TPSA) is 42.4 Å². The highest BCUT2D eigenvalue weighted by Gasteiger charge is 2.15. The minimum absolute atomic E-state index is 0.0325. The number of nitrogens with zero attached hydrogens (tertiary/aromatic N) is 2. The molecule has 4 nitrogen and oxygen atoms in total. The second kappa shape index (κ2) is 8.12. The Morgan fingerprint density at radius 3 is 2.88 bits per heavy atom. The molecule has 7 heteroatoms. The minimum atomic E-state index is 0.0325. The Balaban J connectivity index is 1.66. The molecule has 0 fully saturated rings. The second-order valence-corrected chi connectivity index (χ2v) is 8.23. The third-order valence-electron chi connectivity index (χ3n) is 3.69. The fourth-order valence-electron chi connectivity index (χ4n) is 2.41. The zero-order chi connectivity index (χ0) is 17.8. The summed E-state index contributed by atoms with van der Waals surface area (Å²) in [5.41, 5.74) is 1.77. The summed E-state index contributed by atoms with van der Waals surface area (Å²) in [5.74, 6) is 0.807. The normalized spacial score (nSPS) is 10.7. The number of carbonyl (C=O) groups excluding carboxylic acids is 1. The first-order valence-electron chi connectivity index (χ1n) is 7.61. The number of likely N-dealkylation sites (N-methyl/N-ethyl adjacent to an activating group) is 1. The predicted octanol–water partition coefficient (Wildman–Crippen LogP) is 4.84. The lowest BCUT2D eigenvalue weighted by molar-refractivity contribution is -0.129. The molecule has 0 aliphatic heterocycles. The number of amides is 1.